The molecule has 2 N–H and O–H groups in total. The molecule has 0 radical (unpaired) electrons. The van der Waals surface area contributed by atoms with E-state index in [1.54, 1.807) is 12.4 Å². The maximum absolute atomic E-state index is 11.6. The Kier molecular flexibility index (Phi) is 4.98. The van der Waals surface area contributed by atoms with Gasteiger partial charge in [-0.15, -0.1) is 0 Å². The van der Waals surface area contributed by atoms with Crippen molar-refractivity contribution in [3.8, 4) is 5.88 Å². The molecular formula is C15H23N3O3. The Balaban J connectivity index is 2.02. The van der Waals surface area contributed by atoms with Gasteiger partial charge in [-0.3, -0.25) is 9.78 Å². The van der Waals surface area contributed by atoms with Crippen molar-refractivity contribution >= 4 is 11.8 Å². The second-order valence-electron chi connectivity index (χ2n) is 5.91. The van der Waals surface area contributed by atoms with Crippen LogP contribution in [0.15, 0.2) is 12.4 Å². The molecule has 1 saturated carbocycles. The number of nitrogens with one attached hydrogen (secondary N) is 1. The summed E-state index contributed by atoms with van der Waals surface area (Å²) in [5, 5.41) is 12.7. The normalized spacial score (nSPS) is 17.5. The molecule has 0 saturated heterocycles. The molecule has 0 aliphatic heterocycles. The molecule has 2 rings (SSSR count). The smallest absolute Gasteiger partial charge is 0.311 e. The first-order valence-corrected chi connectivity index (χ1v) is 7.48. The number of hydrogen-bond acceptors (Lipinski definition) is 5. The van der Waals surface area contributed by atoms with Crippen LogP contribution in [0, 0.1) is 5.41 Å². The van der Waals surface area contributed by atoms with E-state index in [1.165, 1.54) is 0 Å². The maximum atomic E-state index is 11.6. The molecule has 0 atom stereocenters. The summed E-state index contributed by atoms with van der Waals surface area (Å²) in [5.41, 5.74) is -0.686. The molecular weight excluding hydrogens is 270 g/mol. The molecule has 1 aliphatic rings. The van der Waals surface area contributed by atoms with E-state index in [0.29, 0.717) is 31.1 Å². The Labute approximate surface area is 124 Å². The lowest BCUT2D eigenvalue weighted by molar-refractivity contribution is -0.150. The number of rotatable bonds is 6. The lowest BCUT2D eigenvalue weighted by atomic mass is 9.74. The van der Waals surface area contributed by atoms with Gasteiger partial charge in [0.1, 0.15) is 5.82 Å². The van der Waals surface area contributed by atoms with Crippen LogP contribution in [0.2, 0.25) is 0 Å². The Hall–Kier alpha value is -1.85. The molecule has 21 heavy (non-hydrogen) atoms. The van der Waals surface area contributed by atoms with Gasteiger partial charge in [0, 0.05) is 6.54 Å². The summed E-state index contributed by atoms with van der Waals surface area (Å²) in [5.74, 6) is 0.277. The Morgan fingerprint density at radius 3 is 2.71 bits per heavy atom. The maximum Gasteiger partial charge on any atom is 0.311 e. The molecule has 1 aromatic rings. The average molecular weight is 293 g/mol. The summed E-state index contributed by atoms with van der Waals surface area (Å²) in [6, 6.07) is 0. The van der Waals surface area contributed by atoms with Crippen LogP contribution < -0.4 is 10.1 Å². The number of carboxylic acids is 1. The van der Waals surface area contributed by atoms with Gasteiger partial charge >= 0.3 is 5.97 Å². The summed E-state index contributed by atoms with van der Waals surface area (Å²) in [6.45, 7) is 4.22. The molecule has 0 unspecified atom stereocenters. The number of carbonyl (C=O) groups is 1. The van der Waals surface area contributed by atoms with Crippen LogP contribution in [0.1, 0.15) is 46.0 Å². The Morgan fingerprint density at radius 2 is 2.10 bits per heavy atom. The fourth-order valence-corrected chi connectivity index (χ4v) is 2.69. The van der Waals surface area contributed by atoms with Crippen molar-refractivity contribution in [2.24, 2.45) is 5.41 Å². The highest BCUT2D eigenvalue weighted by atomic mass is 16.5. The topological polar surface area (TPSA) is 84.3 Å². The summed E-state index contributed by atoms with van der Waals surface area (Å²) in [6.07, 6.45) is 7.65. The summed E-state index contributed by atoms with van der Waals surface area (Å²) in [4.78, 5) is 20.0. The minimum Gasteiger partial charge on any atom is -0.481 e. The van der Waals surface area contributed by atoms with E-state index in [-0.39, 0.29) is 6.10 Å². The van der Waals surface area contributed by atoms with Crippen molar-refractivity contribution in [2.75, 3.05) is 11.9 Å². The molecule has 1 fully saturated rings. The van der Waals surface area contributed by atoms with Gasteiger partial charge in [-0.2, -0.15) is 4.98 Å². The van der Waals surface area contributed by atoms with E-state index in [0.717, 1.165) is 19.3 Å². The number of aromatic nitrogens is 2. The number of aliphatic carboxylic acids is 1. The molecule has 1 heterocycles. The third-order valence-electron chi connectivity index (χ3n) is 3.84. The van der Waals surface area contributed by atoms with Crippen molar-refractivity contribution in [2.45, 2.75) is 52.1 Å². The van der Waals surface area contributed by atoms with Gasteiger partial charge in [-0.25, -0.2) is 0 Å². The van der Waals surface area contributed by atoms with Crippen LogP contribution in [-0.2, 0) is 4.79 Å². The van der Waals surface area contributed by atoms with E-state index in [9.17, 15) is 9.90 Å². The lowest BCUT2D eigenvalue weighted by Crippen LogP contribution is -2.39. The predicted octanol–water partition coefficient (Wildman–Crippen LogP) is 2.71. The first-order chi connectivity index (χ1) is 10.0. The minimum absolute atomic E-state index is 0.0262. The van der Waals surface area contributed by atoms with Crippen LogP contribution >= 0.6 is 0 Å². The molecule has 6 heteroatoms. The number of ether oxygens (including phenoxy) is 1. The van der Waals surface area contributed by atoms with E-state index < -0.39 is 11.4 Å². The van der Waals surface area contributed by atoms with Crippen LogP contribution in [0.25, 0.3) is 0 Å². The highest BCUT2D eigenvalue weighted by Gasteiger charge is 2.39. The van der Waals surface area contributed by atoms with Gasteiger partial charge in [0.25, 0.3) is 0 Å². The number of hydrogen-bond donors (Lipinski definition) is 2. The van der Waals surface area contributed by atoms with Gasteiger partial charge in [0.05, 0.1) is 23.9 Å². The van der Waals surface area contributed by atoms with Crippen molar-refractivity contribution in [3.05, 3.63) is 12.4 Å². The Bertz CT molecular complexity index is 485. The highest BCUT2D eigenvalue weighted by molar-refractivity contribution is 5.75. The monoisotopic (exact) mass is 293 g/mol. The number of nitrogens with zero attached hydrogens (tertiary/aromatic N) is 2. The standard InChI is InChI=1S/C15H23N3O3/c1-11(2)21-13-9-16-8-12(18-13)17-10-15(14(19)20)6-4-3-5-7-15/h8-9,11H,3-7,10H2,1-2H3,(H,17,18)(H,19,20). The molecule has 1 aromatic heterocycles. The fourth-order valence-electron chi connectivity index (χ4n) is 2.69. The van der Waals surface area contributed by atoms with Crippen LogP contribution in [0.3, 0.4) is 0 Å². The Morgan fingerprint density at radius 1 is 1.38 bits per heavy atom. The molecule has 6 nitrogen and oxygen atoms in total. The average Bonchev–Trinajstić information content (AvgIpc) is 2.46. The van der Waals surface area contributed by atoms with Crippen LogP contribution in [0.4, 0.5) is 5.82 Å². The zero-order valence-electron chi connectivity index (χ0n) is 12.6. The summed E-state index contributed by atoms with van der Waals surface area (Å²) in [7, 11) is 0. The van der Waals surface area contributed by atoms with Crippen molar-refractivity contribution in [1.82, 2.24) is 9.97 Å². The zero-order valence-corrected chi connectivity index (χ0v) is 12.6. The first kappa shape index (κ1) is 15.5. The predicted molar refractivity (Wildman–Crippen MR) is 79.4 cm³/mol. The van der Waals surface area contributed by atoms with Crippen LogP contribution in [-0.4, -0.2) is 33.7 Å². The number of anilines is 1. The van der Waals surface area contributed by atoms with E-state index >= 15 is 0 Å². The van der Waals surface area contributed by atoms with Gasteiger partial charge < -0.3 is 15.2 Å². The second kappa shape index (κ2) is 6.74. The van der Waals surface area contributed by atoms with Gasteiger partial charge in [-0.05, 0) is 26.7 Å². The first-order valence-electron chi connectivity index (χ1n) is 7.48. The van der Waals surface area contributed by atoms with Crippen LogP contribution in [0.5, 0.6) is 5.88 Å². The lowest BCUT2D eigenvalue weighted by Gasteiger charge is -2.33. The molecule has 0 spiro atoms. The minimum atomic E-state index is -0.725. The van der Waals surface area contributed by atoms with Crippen molar-refractivity contribution < 1.29 is 14.6 Å². The molecule has 116 valence electrons. The largest absolute Gasteiger partial charge is 0.481 e. The summed E-state index contributed by atoms with van der Waals surface area (Å²) >= 11 is 0. The third-order valence-corrected chi connectivity index (χ3v) is 3.84. The van der Waals surface area contributed by atoms with Gasteiger partial charge in [-0.1, -0.05) is 19.3 Å². The summed E-state index contributed by atoms with van der Waals surface area (Å²) < 4.78 is 5.49. The molecule has 1 aliphatic carbocycles. The van der Waals surface area contributed by atoms with E-state index in [4.69, 9.17) is 4.74 Å². The zero-order chi connectivity index (χ0) is 15.3. The molecule has 0 bridgehead atoms. The third kappa shape index (κ3) is 4.06. The number of carboxylic acid groups (broad SMARTS) is 1. The van der Waals surface area contributed by atoms with Crippen molar-refractivity contribution in [3.63, 3.8) is 0 Å². The SMILES string of the molecule is CC(C)Oc1cncc(NCC2(C(=O)O)CCCCC2)n1. The van der Waals surface area contributed by atoms with Crippen molar-refractivity contribution in [1.29, 1.82) is 0 Å². The van der Waals surface area contributed by atoms with E-state index in [1.807, 2.05) is 13.8 Å². The van der Waals surface area contributed by atoms with E-state index in [2.05, 4.69) is 15.3 Å². The van der Waals surface area contributed by atoms with Gasteiger partial charge in [0.2, 0.25) is 5.88 Å². The quantitative estimate of drug-likeness (QED) is 0.839. The molecule has 0 aromatic carbocycles. The fraction of sp³-hybridized carbons (Fsp3) is 0.667. The molecule has 0 amide bonds. The second-order valence-corrected chi connectivity index (χ2v) is 5.91. The van der Waals surface area contributed by atoms with Gasteiger partial charge in [0.15, 0.2) is 0 Å². The highest BCUT2D eigenvalue weighted by Crippen LogP contribution is 2.36.